The van der Waals surface area contributed by atoms with Gasteiger partial charge in [-0.2, -0.15) is 28.2 Å². The fraction of sp³-hybridized carbons (Fsp3) is 0.286. The molecule has 0 aromatic carbocycles. The third-order valence-electron chi connectivity index (χ3n) is 1.45. The summed E-state index contributed by atoms with van der Waals surface area (Å²) in [4.78, 5) is 12.1. The molecule has 0 bridgehead atoms. The Morgan fingerprint density at radius 3 is 2.50 bits per heavy atom. The lowest BCUT2D eigenvalue weighted by Gasteiger charge is -2.05. The van der Waals surface area contributed by atoms with E-state index in [0.29, 0.717) is 0 Å². The smallest absolute Gasteiger partial charge is 0.287 e. The van der Waals surface area contributed by atoms with Gasteiger partial charge in [0, 0.05) is 7.05 Å². The molecule has 4 nitrogen and oxygen atoms in total. The number of rotatable bonds is 2. The highest BCUT2D eigenvalue weighted by Crippen LogP contribution is 2.26. The molecule has 0 unspecified atom stereocenters. The van der Waals surface area contributed by atoms with Crippen LogP contribution in [0.5, 0.6) is 0 Å². The molecule has 0 spiro atoms. The fourth-order valence-corrected chi connectivity index (χ4v) is 0.733. The number of aryl methyl sites for hydroxylation is 1. The number of carbonyl (C=O) groups excluding carboxylic acids is 1. The van der Waals surface area contributed by atoms with Gasteiger partial charge in [-0.3, -0.25) is 4.79 Å². The maximum Gasteiger partial charge on any atom is 0.419 e. The first-order valence-electron chi connectivity index (χ1n) is 3.49. The molecular weight excluding hydrogens is 199 g/mol. The normalized spacial score (nSPS) is 11.4. The van der Waals surface area contributed by atoms with Crippen LogP contribution in [0.15, 0.2) is 18.3 Å². The summed E-state index contributed by atoms with van der Waals surface area (Å²) in [5.74, 6) is -1.26. The number of aromatic nitrogens is 3. The Bertz CT molecular complexity index is 380. The average molecular weight is 205 g/mol. The quantitative estimate of drug-likeness (QED) is 0.536. The average Bonchev–Trinajstić information content (AvgIpc) is 2.47. The summed E-state index contributed by atoms with van der Waals surface area (Å²) < 4.78 is 36.0. The summed E-state index contributed by atoms with van der Waals surface area (Å²) in [6, 6.07) is 0. The number of halogens is 3. The molecule has 0 saturated carbocycles. The number of allylic oxidation sites excluding steroid dienone is 1. The molecule has 0 amide bonds. The Labute approximate surface area is 77.0 Å². The van der Waals surface area contributed by atoms with Crippen LogP contribution in [0, 0.1) is 0 Å². The van der Waals surface area contributed by atoms with E-state index in [1.807, 2.05) is 0 Å². The van der Waals surface area contributed by atoms with E-state index in [1.165, 1.54) is 7.05 Å². The Morgan fingerprint density at radius 2 is 2.14 bits per heavy atom. The lowest BCUT2D eigenvalue weighted by molar-refractivity contribution is -0.0884. The Hall–Kier alpha value is -1.66. The minimum absolute atomic E-state index is 0.366. The minimum Gasteiger partial charge on any atom is -0.287 e. The summed E-state index contributed by atoms with van der Waals surface area (Å²) in [5.41, 5.74) is -1.81. The number of carbonyl (C=O) groups is 1. The van der Waals surface area contributed by atoms with Gasteiger partial charge in [0.2, 0.25) is 5.78 Å². The van der Waals surface area contributed by atoms with Gasteiger partial charge in [0.1, 0.15) is 0 Å². The number of hydrogen-bond acceptors (Lipinski definition) is 3. The first kappa shape index (κ1) is 10.4. The minimum atomic E-state index is -4.73. The molecule has 1 rings (SSSR count). The maximum absolute atomic E-state index is 12.0. The second-order valence-electron chi connectivity index (χ2n) is 2.52. The van der Waals surface area contributed by atoms with Gasteiger partial charge in [-0.05, 0) is 0 Å². The van der Waals surface area contributed by atoms with Crippen LogP contribution in [-0.2, 0) is 7.05 Å². The molecule has 0 N–H and O–H groups in total. The zero-order valence-corrected chi connectivity index (χ0v) is 7.17. The molecule has 14 heavy (non-hydrogen) atoms. The molecule has 0 saturated heterocycles. The van der Waals surface area contributed by atoms with Crippen LogP contribution in [0.3, 0.4) is 0 Å². The van der Waals surface area contributed by atoms with Crippen molar-refractivity contribution < 1.29 is 18.0 Å². The van der Waals surface area contributed by atoms with Crippen LogP contribution in [0.25, 0.3) is 0 Å². The Morgan fingerprint density at radius 1 is 1.57 bits per heavy atom. The number of nitrogens with zero attached hydrogens (tertiary/aromatic N) is 3. The lowest BCUT2D eigenvalue weighted by atomic mass is 10.1. The van der Waals surface area contributed by atoms with Crippen molar-refractivity contribution in [2.75, 3.05) is 0 Å². The SMILES string of the molecule is C=C(C(=O)c1cnn(C)n1)C(F)(F)F. The first-order valence-corrected chi connectivity index (χ1v) is 3.49. The van der Waals surface area contributed by atoms with Gasteiger partial charge in [-0.15, -0.1) is 0 Å². The molecule has 0 aliphatic heterocycles. The van der Waals surface area contributed by atoms with Gasteiger partial charge < -0.3 is 0 Å². The second-order valence-corrected chi connectivity index (χ2v) is 2.52. The highest BCUT2D eigenvalue weighted by molar-refractivity contribution is 6.07. The molecule has 0 radical (unpaired) electrons. The summed E-state index contributed by atoms with van der Waals surface area (Å²) in [5, 5.41) is 6.92. The molecule has 0 fully saturated rings. The highest BCUT2D eigenvalue weighted by Gasteiger charge is 2.37. The van der Waals surface area contributed by atoms with E-state index in [0.717, 1.165) is 11.0 Å². The summed E-state index contributed by atoms with van der Waals surface area (Å²) in [6.45, 7) is 2.66. The van der Waals surface area contributed by atoms with E-state index < -0.39 is 17.5 Å². The fourth-order valence-electron chi connectivity index (χ4n) is 0.733. The van der Waals surface area contributed by atoms with Crippen molar-refractivity contribution in [2.24, 2.45) is 7.05 Å². The predicted octanol–water partition coefficient (Wildman–Crippen LogP) is 1.12. The van der Waals surface area contributed by atoms with Gasteiger partial charge in [0.15, 0.2) is 5.69 Å². The molecule has 7 heteroatoms. The molecule has 1 heterocycles. The predicted molar refractivity (Wildman–Crippen MR) is 40.5 cm³/mol. The van der Waals surface area contributed by atoms with Crippen molar-refractivity contribution in [3.8, 4) is 0 Å². The van der Waals surface area contributed by atoms with Gasteiger partial charge in [0.05, 0.1) is 11.8 Å². The Kier molecular flexibility index (Phi) is 2.41. The van der Waals surface area contributed by atoms with Gasteiger partial charge in [-0.1, -0.05) is 6.58 Å². The van der Waals surface area contributed by atoms with Crippen molar-refractivity contribution in [3.63, 3.8) is 0 Å². The van der Waals surface area contributed by atoms with Gasteiger partial charge >= 0.3 is 6.18 Å². The van der Waals surface area contributed by atoms with Crippen molar-refractivity contribution in [1.29, 1.82) is 0 Å². The second kappa shape index (κ2) is 3.24. The topological polar surface area (TPSA) is 47.8 Å². The molecule has 0 aliphatic carbocycles. The van der Waals surface area contributed by atoms with E-state index in [4.69, 9.17) is 0 Å². The van der Waals surface area contributed by atoms with Gasteiger partial charge in [-0.25, -0.2) is 0 Å². The third-order valence-corrected chi connectivity index (χ3v) is 1.45. The van der Waals surface area contributed by atoms with Crippen molar-refractivity contribution in [2.45, 2.75) is 6.18 Å². The summed E-state index contributed by atoms with van der Waals surface area (Å²) in [7, 11) is 1.40. The largest absolute Gasteiger partial charge is 0.419 e. The standard InChI is InChI=1S/C7H6F3N3O/c1-4(7(8,9)10)6(14)5-3-11-13(2)12-5/h3H,1H2,2H3. The maximum atomic E-state index is 12.0. The molecule has 1 aromatic heterocycles. The molecule has 0 aliphatic rings. The van der Waals surface area contributed by atoms with E-state index in [9.17, 15) is 18.0 Å². The van der Waals surface area contributed by atoms with E-state index >= 15 is 0 Å². The lowest BCUT2D eigenvalue weighted by Crippen LogP contribution is -2.19. The van der Waals surface area contributed by atoms with Crippen LogP contribution in [-0.4, -0.2) is 27.0 Å². The Balaban J connectivity index is 2.92. The van der Waals surface area contributed by atoms with Crippen LogP contribution < -0.4 is 0 Å². The van der Waals surface area contributed by atoms with Gasteiger partial charge in [0.25, 0.3) is 0 Å². The third kappa shape index (κ3) is 1.98. The number of Topliss-reactive ketones (excluding diaryl/α,β-unsaturated/α-hetero) is 1. The highest BCUT2D eigenvalue weighted by atomic mass is 19.4. The monoisotopic (exact) mass is 205 g/mol. The van der Waals surface area contributed by atoms with Crippen molar-refractivity contribution >= 4 is 5.78 Å². The first-order chi connectivity index (χ1) is 6.32. The zero-order chi connectivity index (χ0) is 10.9. The van der Waals surface area contributed by atoms with Crippen LogP contribution in [0.2, 0.25) is 0 Å². The van der Waals surface area contributed by atoms with Crippen LogP contribution in [0.1, 0.15) is 10.5 Å². The van der Waals surface area contributed by atoms with E-state index in [1.54, 1.807) is 0 Å². The van der Waals surface area contributed by atoms with E-state index in [2.05, 4.69) is 16.8 Å². The molecule has 76 valence electrons. The molecule has 0 atom stereocenters. The zero-order valence-electron chi connectivity index (χ0n) is 7.17. The number of hydrogen-bond donors (Lipinski definition) is 0. The van der Waals surface area contributed by atoms with Crippen LogP contribution in [0.4, 0.5) is 13.2 Å². The van der Waals surface area contributed by atoms with E-state index in [-0.39, 0.29) is 5.69 Å². The summed E-state index contributed by atoms with van der Waals surface area (Å²) in [6.07, 6.45) is -3.77. The van der Waals surface area contributed by atoms with Crippen LogP contribution >= 0.6 is 0 Å². The molecule has 1 aromatic rings. The van der Waals surface area contributed by atoms with Crippen molar-refractivity contribution in [1.82, 2.24) is 15.0 Å². The number of ketones is 1. The molecular formula is C7H6F3N3O. The van der Waals surface area contributed by atoms with Crippen molar-refractivity contribution in [3.05, 3.63) is 24.0 Å². The summed E-state index contributed by atoms with van der Waals surface area (Å²) >= 11 is 0. The number of alkyl halides is 3.